The normalized spacial score (nSPS) is 17.5. The third kappa shape index (κ3) is 8.31. The van der Waals surface area contributed by atoms with Crippen molar-refractivity contribution in [1.29, 1.82) is 0 Å². The minimum Gasteiger partial charge on any atom is -0.376 e. The Labute approximate surface area is 169 Å². The van der Waals surface area contributed by atoms with Crippen molar-refractivity contribution < 1.29 is 22.7 Å². The van der Waals surface area contributed by atoms with E-state index in [0.29, 0.717) is 36.5 Å². The number of ether oxygens (including phenoxy) is 1. The first-order valence-corrected chi connectivity index (χ1v) is 9.74. The summed E-state index contributed by atoms with van der Waals surface area (Å²) in [6, 6.07) is 9.95. The van der Waals surface area contributed by atoms with Crippen molar-refractivity contribution in [2.75, 3.05) is 46.4 Å². The van der Waals surface area contributed by atoms with Crippen LogP contribution in [0, 0.1) is 5.92 Å². The standard InChI is InChI=1S/C20H29F3N4O2/c1-3-24-19(25-11-18(28)26(2)15-20(21,22)23)27-10-9-17(12-27)14-29-13-16-7-5-4-6-8-16/h4-8,17H,3,9-15H2,1-2H3,(H,24,25). The van der Waals surface area contributed by atoms with Gasteiger partial charge in [-0.2, -0.15) is 13.2 Å². The molecule has 9 heteroatoms. The van der Waals surface area contributed by atoms with Gasteiger partial charge >= 0.3 is 6.18 Å². The van der Waals surface area contributed by atoms with E-state index in [4.69, 9.17) is 4.74 Å². The van der Waals surface area contributed by atoms with Crippen molar-refractivity contribution >= 4 is 11.9 Å². The second kappa shape index (κ2) is 11.0. The van der Waals surface area contributed by atoms with E-state index in [2.05, 4.69) is 10.3 Å². The molecule has 29 heavy (non-hydrogen) atoms. The van der Waals surface area contributed by atoms with Gasteiger partial charge in [0.25, 0.3) is 0 Å². The monoisotopic (exact) mass is 414 g/mol. The molecule has 1 aromatic rings. The smallest absolute Gasteiger partial charge is 0.376 e. The summed E-state index contributed by atoms with van der Waals surface area (Å²) in [6.45, 7) is 3.60. The van der Waals surface area contributed by atoms with E-state index in [1.165, 1.54) is 0 Å². The Balaban J connectivity index is 1.82. The first-order chi connectivity index (χ1) is 13.8. The first kappa shape index (κ1) is 23.0. The average Bonchev–Trinajstić information content (AvgIpc) is 3.13. The van der Waals surface area contributed by atoms with Crippen LogP contribution < -0.4 is 5.32 Å². The fourth-order valence-corrected chi connectivity index (χ4v) is 3.12. The molecule has 1 saturated heterocycles. The van der Waals surface area contributed by atoms with Crippen LogP contribution in [0.1, 0.15) is 18.9 Å². The molecule has 1 heterocycles. The highest BCUT2D eigenvalue weighted by atomic mass is 19.4. The fourth-order valence-electron chi connectivity index (χ4n) is 3.12. The zero-order chi connectivity index (χ0) is 21.3. The molecule has 1 aliphatic rings. The maximum absolute atomic E-state index is 12.4. The van der Waals surface area contributed by atoms with E-state index < -0.39 is 18.6 Å². The molecule has 162 valence electrons. The number of nitrogens with one attached hydrogen (secondary N) is 1. The van der Waals surface area contributed by atoms with E-state index in [1.54, 1.807) is 0 Å². The number of carbonyl (C=O) groups excluding carboxylic acids is 1. The molecule has 1 N–H and O–H groups in total. The van der Waals surface area contributed by atoms with Crippen LogP contribution in [0.25, 0.3) is 0 Å². The Hall–Kier alpha value is -2.29. The third-order valence-electron chi connectivity index (χ3n) is 4.59. The molecule has 1 fully saturated rings. The van der Waals surface area contributed by atoms with Gasteiger partial charge in [0.15, 0.2) is 5.96 Å². The first-order valence-electron chi connectivity index (χ1n) is 9.74. The van der Waals surface area contributed by atoms with Crippen molar-refractivity contribution in [3.63, 3.8) is 0 Å². The minimum atomic E-state index is -4.42. The number of hydrogen-bond donors (Lipinski definition) is 1. The summed E-state index contributed by atoms with van der Waals surface area (Å²) in [6.07, 6.45) is -3.48. The number of likely N-dealkylation sites (N-methyl/N-ethyl adjacent to an activating group) is 1. The van der Waals surface area contributed by atoms with E-state index >= 15 is 0 Å². The van der Waals surface area contributed by atoms with Gasteiger partial charge < -0.3 is 19.9 Å². The van der Waals surface area contributed by atoms with Crippen LogP contribution in [0.15, 0.2) is 35.3 Å². The van der Waals surface area contributed by atoms with Gasteiger partial charge in [-0.25, -0.2) is 4.99 Å². The van der Waals surface area contributed by atoms with Gasteiger partial charge in [-0.15, -0.1) is 0 Å². The Bertz CT molecular complexity index is 667. The maximum Gasteiger partial charge on any atom is 0.406 e. The summed E-state index contributed by atoms with van der Waals surface area (Å²) in [7, 11) is 1.13. The Kier molecular flexibility index (Phi) is 8.75. The van der Waals surface area contributed by atoms with Gasteiger partial charge in [0.1, 0.15) is 13.1 Å². The Morgan fingerprint density at radius 3 is 2.72 bits per heavy atom. The Morgan fingerprint density at radius 2 is 2.07 bits per heavy atom. The molecular weight excluding hydrogens is 385 g/mol. The molecule has 1 unspecified atom stereocenters. The van der Waals surface area contributed by atoms with E-state index in [-0.39, 0.29) is 6.54 Å². The summed E-state index contributed by atoms with van der Waals surface area (Å²) in [4.78, 5) is 18.9. The fraction of sp³-hybridized carbons (Fsp3) is 0.600. The number of benzene rings is 1. The lowest BCUT2D eigenvalue weighted by atomic mass is 10.1. The number of carbonyl (C=O) groups is 1. The molecule has 2 rings (SSSR count). The van der Waals surface area contributed by atoms with Gasteiger partial charge in [-0.1, -0.05) is 30.3 Å². The SMILES string of the molecule is CCNC(=NCC(=O)N(C)CC(F)(F)F)N1CCC(COCc2ccccc2)C1. The van der Waals surface area contributed by atoms with Crippen molar-refractivity contribution in [3.05, 3.63) is 35.9 Å². The number of nitrogens with zero attached hydrogens (tertiary/aromatic N) is 3. The molecule has 0 radical (unpaired) electrons. The largest absolute Gasteiger partial charge is 0.406 e. The van der Waals surface area contributed by atoms with Crippen LogP contribution in [-0.2, 0) is 16.1 Å². The molecule has 1 aliphatic heterocycles. The summed E-state index contributed by atoms with van der Waals surface area (Å²) in [5.74, 6) is 0.220. The van der Waals surface area contributed by atoms with Gasteiger partial charge in [0.05, 0.1) is 13.2 Å². The molecule has 0 spiro atoms. The second-order valence-electron chi connectivity index (χ2n) is 7.14. The molecule has 0 saturated carbocycles. The number of hydrogen-bond acceptors (Lipinski definition) is 3. The number of likely N-dealkylation sites (tertiary alicyclic amines) is 1. The van der Waals surface area contributed by atoms with E-state index in [0.717, 1.165) is 32.1 Å². The maximum atomic E-state index is 12.4. The molecule has 0 aliphatic carbocycles. The van der Waals surface area contributed by atoms with Gasteiger partial charge in [0, 0.05) is 32.6 Å². The van der Waals surface area contributed by atoms with Crippen LogP contribution in [0.2, 0.25) is 0 Å². The molecule has 1 atom stereocenters. The highest BCUT2D eigenvalue weighted by molar-refractivity contribution is 5.85. The molecule has 6 nitrogen and oxygen atoms in total. The molecule has 0 aromatic heterocycles. The molecule has 0 bridgehead atoms. The molecular formula is C20H29F3N4O2. The third-order valence-corrected chi connectivity index (χ3v) is 4.59. The van der Waals surface area contributed by atoms with Crippen molar-refractivity contribution in [3.8, 4) is 0 Å². The molecule has 1 aromatic carbocycles. The Morgan fingerprint density at radius 1 is 1.34 bits per heavy atom. The van der Waals surface area contributed by atoms with Crippen molar-refractivity contribution in [2.45, 2.75) is 26.1 Å². The number of halogens is 3. The summed E-state index contributed by atoms with van der Waals surface area (Å²) in [5, 5.41) is 3.11. The highest BCUT2D eigenvalue weighted by Gasteiger charge is 2.31. The van der Waals surface area contributed by atoms with Gasteiger partial charge in [0.2, 0.25) is 5.91 Å². The highest BCUT2D eigenvalue weighted by Crippen LogP contribution is 2.18. The number of guanidine groups is 1. The number of alkyl halides is 3. The summed E-state index contributed by atoms with van der Waals surface area (Å²) in [5.41, 5.74) is 1.12. The van der Waals surface area contributed by atoms with Crippen molar-refractivity contribution in [2.24, 2.45) is 10.9 Å². The zero-order valence-corrected chi connectivity index (χ0v) is 16.9. The lowest BCUT2D eigenvalue weighted by Crippen LogP contribution is -2.42. The van der Waals surface area contributed by atoms with Crippen LogP contribution >= 0.6 is 0 Å². The van der Waals surface area contributed by atoms with Crippen LogP contribution in [0.3, 0.4) is 0 Å². The van der Waals surface area contributed by atoms with E-state index in [9.17, 15) is 18.0 Å². The van der Waals surface area contributed by atoms with Crippen LogP contribution in [0.4, 0.5) is 13.2 Å². The quantitative estimate of drug-likeness (QED) is 0.525. The number of aliphatic imine (C=N–C) groups is 1. The van der Waals surface area contributed by atoms with Crippen molar-refractivity contribution in [1.82, 2.24) is 15.1 Å². The van der Waals surface area contributed by atoms with Crippen LogP contribution in [0.5, 0.6) is 0 Å². The summed E-state index contributed by atoms with van der Waals surface area (Å²) < 4.78 is 43.1. The second-order valence-corrected chi connectivity index (χ2v) is 7.14. The molecule has 1 amide bonds. The number of amides is 1. The average molecular weight is 414 g/mol. The van der Waals surface area contributed by atoms with Gasteiger partial charge in [-0.3, -0.25) is 4.79 Å². The zero-order valence-electron chi connectivity index (χ0n) is 16.9. The lowest BCUT2D eigenvalue weighted by molar-refractivity contribution is -0.157. The van der Waals surface area contributed by atoms with Crippen LogP contribution in [-0.4, -0.2) is 74.2 Å². The topological polar surface area (TPSA) is 57.2 Å². The number of rotatable bonds is 8. The lowest BCUT2D eigenvalue weighted by Gasteiger charge is -2.22. The van der Waals surface area contributed by atoms with Gasteiger partial charge in [-0.05, 0) is 18.9 Å². The summed E-state index contributed by atoms with van der Waals surface area (Å²) >= 11 is 0. The minimum absolute atomic E-state index is 0.319. The van der Waals surface area contributed by atoms with E-state index in [1.807, 2.05) is 42.2 Å². The predicted octanol–water partition coefficient (Wildman–Crippen LogP) is 2.51. The predicted molar refractivity (Wildman–Crippen MR) is 105 cm³/mol.